The lowest BCUT2D eigenvalue weighted by atomic mass is 10.0. The van der Waals surface area contributed by atoms with Gasteiger partial charge < -0.3 is 5.73 Å². The molecule has 5 heteroatoms. The number of aromatic nitrogens is 2. The number of aryl methyl sites for hydroxylation is 1. The Labute approximate surface area is 133 Å². The van der Waals surface area contributed by atoms with Crippen LogP contribution >= 0.6 is 0 Å². The third-order valence-corrected chi connectivity index (χ3v) is 3.66. The van der Waals surface area contributed by atoms with E-state index in [1.807, 2.05) is 30.3 Å². The lowest BCUT2D eigenvalue weighted by Crippen LogP contribution is -2.26. The third kappa shape index (κ3) is 3.05. The minimum Gasteiger partial charge on any atom is -0.319 e. The van der Waals surface area contributed by atoms with Gasteiger partial charge in [-0.15, -0.1) is 0 Å². The van der Waals surface area contributed by atoms with Gasteiger partial charge in [-0.2, -0.15) is 5.10 Å². The highest BCUT2D eigenvalue weighted by Gasteiger charge is 2.16. The Balaban J connectivity index is 2.10. The summed E-state index contributed by atoms with van der Waals surface area (Å²) in [6, 6.07) is 16.1. The zero-order valence-electron chi connectivity index (χ0n) is 12.6. The monoisotopic (exact) mass is 309 g/mol. The summed E-state index contributed by atoms with van der Waals surface area (Å²) in [5.74, 6) is -0.325. The fraction of sp³-hybridized carbons (Fsp3) is 0.111. The predicted octanol–water partition coefficient (Wildman–Crippen LogP) is 2.73. The van der Waals surface area contributed by atoms with Gasteiger partial charge in [-0.1, -0.05) is 30.3 Å². The van der Waals surface area contributed by atoms with Gasteiger partial charge in [0.25, 0.3) is 0 Å². The van der Waals surface area contributed by atoms with E-state index in [0.29, 0.717) is 11.4 Å². The summed E-state index contributed by atoms with van der Waals surface area (Å²) in [6.45, 7) is 1.77. The molecule has 1 heterocycles. The van der Waals surface area contributed by atoms with E-state index in [2.05, 4.69) is 5.10 Å². The molecule has 0 fully saturated rings. The van der Waals surface area contributed by atoms with Crippen LogP contribution in [0.2, 0.25) is 0 Å². The molecule has 2 aromatic carbocycles. The molecule has 0 bridgehead atoms. The molecular weight excluding hydrogens is 293 g/mol. The quantitative estimate of drug-likeness (QED) is 0.809. The second-order valence-corrected chi connectivity index (χ2v) is 5.31. The zero-order valence-corrected chi connectivity index (χ0v) is 12.6. The summed E-state index contributed by atoms with van der Waals surface area (Å²) in [5, 5.41) is 4.40. The maximum Gasteiger partial charge on any atom is 0.205 e. The van der Waals surface area contributed by atoms with E-state index in [1.54, 1.807) is 23.7 Å². The van der Waals surface area contributed by atoms with Crippen molar-refractivity contribution in [1.29, 1.82) is 0 Å². The lowest BCUT2D eigenvalue weighted by Gasteiger charge is -2.15. The molecule has 1 unspecified atom stereocenters. The molecule has 1 atom stereocenters. The van der Waals surface area contributed by atoms with Gasteiger partial charge in [0, 0.05) is 11.8 Å². The SMILES string of the molecule is Cc1cc(=O)c(C(N)c2ccccc2)nn1-c1ccc(F)cc1. The molecule has 0 aliphatic rings. The average Bonchev–Trinajstić information content (AvgIpc) is 2.56. The number of hydrogen-bond acceptors (Lipinski definition) is 3. The van der Waals surface area contributed by atoms with E-state index in [4.69, 9.17) is 5.73 Å². The largest absolute Gasteiger partial charge is 0.319 e. The summed E-state index contributed by atoms with van der Waals surface area (Å²) in [6.07, 6.45) is 0. The molecular formula is C18H16FN3O. The fourth-order valence-electron chi connectivity index (χ4n) is 2.44. The Hall–Kier alpha value is -2.79. The average molecular weight is 309 g/mol. The van der Waals surface area contributed by atoms with Crippen molar-refractivity contribution in [2.45, 2.75) is 13.0 Å². The van der Waals surface area contributed by atoms with Gasteiger partial charge in [0.15, 0.2) is 0 Å². The number of rotatable bonds is 3. The molecule has 1 aromatic heterocycles. The standard InChI is InChI=1S/C18H16FN3O/c1-12-11-16(23)18(17(20)13-5-3-2-4-6-13)21-22(12)15-9-7-14(19)8-10-15/h2-11,17H,20H2,1H3. The van der Waals surface area contributed by atoms with E-state index in [-0.39, 0.29) is 16.9 Å². The molecule has 0 aliphatic carbocycles. The normalized spacial score (nSPS) is 12.1. The minimum atomic E-state index is -0.615. The van der Waals surface area contributed by atoms with Crippen molar-refractivity contribution < 1.29 is 4.39 Å². The van der Waals surface area contributed by atoms with Crippen molar-refractivity contribution in [2.75, 3.05) is 0 Å². The summed E-state index contributed by atoms with van der Waals surface area (Å²) in [7, 11) is 0. The molecule has 3 rings (SSSR count). The van der Waals surface area contributed by atoms with Crippen molar-refractivity contribution in [1.82, 2.24) is 9.78 Å². The van der Waals surface area contributed by atoms with E-state index >= 15 is 0 Å². The van der Waals surface area contributed by atoms with E-state index in [0.717, 1.165) is 5.56 Å². The molecule has 0 amide bonds. The Morgan fingerprint density at radius 3 is 2.39 bits per heavy atom. The van der Waals surface area contributed by atoms with E-state index in [9.17, 15) is 9.18 Å². The van der Waals surface area contributed by atoms with Crippen molar-refractivity contribution >= 4 is 0 Å². The van der Waals surface area contributed by atoms with Crippen LogP contribution in [0.25, 0.3) is 5.69 Å². The molecule has 0 saturated heterocycles. The molecule has 3 aromatic rings. The van der Waals surface area contributed by atoms with Crippen LogP contribution < -0.4 is 11.2 Å². The summed E-state index contributed by atoms with van der Waals surface area (Å²) in [5.41, 5.74) is 8.39. The van der Waals surface area contributed by atoms with Crippen molar-refractivity contribution in [3.05, 3.63) is 93.7 Å². The lowest BCUT2D eigenvalue weighted by molar-refractivity contribution is 0.626. The van der Waals surface area contributed by atoms with Gasteiger partial charge in [0.05, 0.1) is 11.7 Å². The summed E-state index contributed by atoms with van der Waals surface area (Å²) < 4.78 is 14.7. The number of hydrogen-bond donors (Lipinski definition) is 1. The zero-order chi connectivity index (χ0) is 16.4. The molecule has 23 heavy (non-hydrogen) atoms. The minimum absolute atomic E-state index is 0.211. The Bertz CT molecular complexity index is 873. The van der Waals surface area contributed by atoms with Crippen LogP contribution in [-0.2, 0) is 0 Å². The predicted molar refractivity (Wildman–Crippen MR) is 87.0 cm³/mol. The number of nitrogens with two attached hydrogens (primary N) is 1. The van der Waals surface area contributed by atoms with E-state index in [1.165, 1.54) is 18.2 Å². The maximum absolute atomic E-state index is 13.1. The topological polar surface area (TPSA) is 60.9 Å². The van der Waals surface area contributed by atoms with Gasteiger partial charge in [-0.3, -0.25) is 4.79 Å². The molecule has 0 spiro atoms. The van der Waals surface area contributed by atoms with Crippen molar-refractivity contribution in [3.63, 3.8) is 0 Å². The molecule has 0 radical (unpaired) electrons. The first-order valence-electron chi connectivity index (χ1n) is 7.23. The van der Waals surface area contributed by atoms with Crippen LogP contribution in [-0.4, -0.2) is 9.78 Å². The summed E-state index contributed by atoms with van der Waals surface area (Å²) in [4.78, 5) is 12.3. The molecule has 0 saturated carbocycles. The first-order chi connectivity index (χ1) is 11.1. The van der Waals surface area contributed by atoms with Crippen LogP contribution in [0.3, 0.4) is 0 Å². The highest BCUT2D eigenvalue weighted by atomic mass is 19.1. The maximum atomic E-state index is 13.1. The van der Waals surface area contributed by atoms with Crippen LogP contribution in [0.5, 0.6) is 0 Å². The molecule has 0 aliphatic heterocycles. The molecule has 116 valence electrons. The van der Waals surface area contributed by atoms with E-state index < -0.39 is 6.04 Å². The highest BCUT2D eigenvalue weighted by molar-refractivity contribution is 5.34. The van der Waals surface area contributed by atoms with Gasteiger partial charge >= 0.3 is 0 Å². The molecule has 4 nitrogen and oxygen atoms in total. The Morgan fingerprint density at radius 1 is 1.09 bits per heavy atom. The first-order valence-corrected chi connectivity index (χ1v) is 7.23. The van der Waals surface area contributed by atoms with Crippen LogP contribution in [0.15, 0.2) is 65.5 Å². The smallest absolute Gasteiger partial charge is 0.205 e. The second kappa shape index (κ2) is 6.14. The Kier molecular flexibility index (Phi) is 4.04. The van der Waals surface area contributed by atoms with Crippen LogP contribution in [0, 0.1) is 12.7 Å². The van der Waals surface area contributed by atoms with Crippen molar-refractivity contribution in [2.24, 2.45) is 5.73 Å². The first kappa shape index (κ1) is 15.1. The van der Waals surface area contributed by atoms with Gasteiger partial charge in [-0.25, -0.2) is 9.07 Å². The van der Waals surface area contributed by atoms with Gasteiger partial charge in [0.2, 0.25) is 5.43 Å². The van der Waals surface area contributed by atoms with Crippen LogP contribution in [0.4, 0.5) is 4.39 Å². The molecule has 2 N–H and O–H groups in total. The van der Waals surface area contributed by atoms with Gasteiger partial charge in [-0.05, 0) is 36.8 Å². The highest BCUT2D eigenvalue weighted by Crippen LogP contribution is 2.16. The number of halogens is 1. The number of benzene rings is 2. The fourth-order valence-corrected chi connectivity index (χ4v) is 2.44. The third-order valence-electron chi connectivity index (χ3n) is 3.66. The van der Waals surface area contributed by atoms with Crippen LogP contribution in [0.1, 0.15) is 23.0 Å². The Morgan fingerprint density at radius 2 is 1.74 bits per heavy atom. The van der Waals surface area contributed by atoms with Gasteiger partial charge in [0.1, 0.15) is 11.5 Å². The second-order valence-electron chi connectivity index (χ2n) is 5.31. The summed E-state index contributed by atoms with van der Waals surface area (Å²) >= 11 is 0. The van der Waals surface area contributed by atoms with Crippen molar-refractivity contribution in [3.8, 4) is 5.69 Å². The number of nitrogens with zero attached hydrogens (tertiary/aromatic N) is 2.